The van der Waals surface area contributed by atoms with Gasteiger partial charge in [0.05, 0.1) is 11.9 Å². The van der Waals surface area contributed by atoms with Crippen molar-refractivity contribution in [3.63, 3.8) is 0 Å². The lowest BCUT2D eigenvalue weighted by molar-refractivity contribution is 0.0678. The quantitative estimate of drug-likeness (QED) is 0.817. The molecule has 1 aliphatic rings. The Morgan fingerprint density at radius 3 is 3.06 bits per heavy atom. The molecule has 1 aliphatic heterocycles. The summed E-state index contributed by atoms with van der Waals surface area (Å²) in [5.74, 6) is -1.37. The van der Waals surface area contributed by atoms with Crippen molar-refractivity contribution in [3.05, 3.63) is 41.6 Å². The number of hydrogen-bond donors (Lipinski definition) is 1. The first-order valence-corrected chi connectivity index (χ1v) is 5.24. The topological polar surface area (TPSA) is 55.1 Å². The van der Waals surface area contributed by atoms with Gasteiger partial charge in [-0.15, -0.1) is 0 Å². The van der Waals surface area contributed by atoms with Crippen LogP contribution in [0.4, 0.5) is 4.39 Å². The maximum Gasteiger partial charge on any atom is 0.372 e. The van der Waals surface area contributed by atoms with E-state index < -0.39 is 5.97 Å². The van der Waals surface area contributed by atoms with Crippen molar-refractivity contribution in [3.8, 4) is 11.3 Å². The van der Waals surface area contributed by atoms with Gasteiger partial charge >= 0.3 is 5.97 Å². The molecule has 0 amide bonds. The summed E-state index contributed by atoms with van der Waals surface area (Å²) in [4.78, 5) is 14.8. The van der Waals surface area contributed by atoms with E-state index in [2.05, 4.69) is 4.98 Å². The van der Waals surface area contributed by atoms with Crippen molar-refractivity contribution in [2.45, 2.75) is 13.0 Å². The molecule has 0 aliphatic carbocycles. The van der Waals surface area contributed by atoms with Crippen LogP contribution in [0.2, 0.25) is 0 Å². The number of rotatable bonds is 1. The van der Waals surface area contributed by atoms with E-state index >= 15 is 0 Å². The smallest absolute Gasteiger partial charge is 0.372 e. The molecule has 1 N–H and O–H groups in total. The average Bonchev–Trinajstić information content (AvgIpc) is 2.72. The standard InChI is InChI=1S/C12H9FN2O2/c13-8-2-1-7-3-4-15-10(9(7)5-8)6-14-11(15)12(16)17/h1-2,5-6H,3-4H2,(H,16,17). The third-order valence-electron chi connectivity index (χ3n) is 3.00. The Morgan fingerprint density at radius 2 is 2.29 bits per heavy atom. The summed E-state index contributed by atoms with van der Waals surface area (Å²) < 4.78 is 14.8. The van der Waals surface area contributed by atoms with Crippen LogP contribution in [-0.4, -0.2) is 20.6 Å². The molecular weight excluding hydrogens is 223 g/mol. The fourth-order valence-electron chi connectivity index (χ4n) is 2.23. The number of nitrogens with zero attached hydrogens (tertiary/aromatic N) is 2. The molecule has 3 rings (SSSR count). The van der Waals surface area contributed by atoms with Crippen LogP contribution in [0.1, 0.15) is 16.2 Å². The number of benzene rings is 1. The highest BCUT2D eigenvalue weighted by atomic mass is 19.1. The van der Waals surface area contributed by atoms with Gasteiger partial charge in [-0.25, -0.2) is 14.2 Å². The highest BCUT2D eigenvalue weighted by molar-refractivity contribution is 5.85. The van der Waals surface area contributed by atoms with Gasteiger partial charge in [0.15, 0.2) is 0 Å². The Hall–Kier alpha value is -2.17. The maximum atomic E-state index is 13.2. The van der Waals surface area contributed by atoms with Crippen LogP contribution in [0, 0.1) is 5.82 Å². The predicted octanol–water partition coefficient (Wildman–Crippen LogP) is 1.94. The fourth-order valence-corrected chi connectivity index (χ4v) is 2.23. The number of fused-ring (bicyclic) bond motifs is 3. The lowest BCUT2D eigenvalue weighted by Gasteiger charge is -2.19. The first-order valence-electron chi connectivity index (χ1n) is 5.24. The van der Waals surface area contributed by atoms with Crippen molar-refractivity contribution in [2.24, 2.45) is 0 Å². The second kappa shape index (κ2) is 3.41. The summed E-state index contributed by atoms with van der Waals surface area (Å²) >= 11 is 0. The second-order valence-corrected chi connectivity index (χ2v) is 3.98. The SMILES string of the molecule is O=C(O)c1ncc2n1CCc1ccc(F)cc1-2. The van der Waals surface area contributed by atoms with E-state index in [1.165, 1.54) is 18.3 Å². The molecule has 1 aromatic heterocycles. The number of aromatic nitrogens is 2. The van der Waals surface area contributed by atoms with Gasteiger partial charge in [0, 0.05) is 12.1 Å². The molecule has 0 saturated carbocycles. The Bertz CT molecular complexity index is 619. The molecule has 17 heavy (non-hydrogen) atoms. The highest BCUT2D eigenvalue weighted by Crippen LogP contribution is 2.30. The van der Waals surface area contributed by atoms with E-state index in [-0.39, 0.29) is 11.6 Å². The number of carbonyl (C=O) groups is 1. The Morgan fingerprint density at radius 1 is 1.47 bits per heavy atom. The van der Waals surface area contributed by atoms with Gasteiger partial charge in [0.1, 0.15) is 5.82 Å². The van der Waals surface area contributed by atoms with Crippen molar-refractivity contribution in [1.29, 1.82) is 0 Å². The zero-order valence-electron chi connectivity index (χ0n) is 8.85. The Kier molecular flexibility index (Phi) is 2.01. The summed E-state index contributed by atoms with van der Waals surface area (Å²) in [6.45, 7) is 0.565. The van der Waals surface area contributed by atoms with Crippen LogP contribution in [-0.2, 0) is 13.0 Å². The Labute approximate surface area is 96.3 Å². The van der Waals surface area contributed by atoms with Gasteiger partial charge in [0.25, 0.3) is 0 Å². The number of halogens is 1. The molecular formula is C12H9FN2O2. The minimum Gasteiger partial charge on any atom is -0.475 e. The highest BCUT2D eigenvalue weighted by Gasteiger charge is 2.22. The van der Waals surface area contributed by atoms with Crippen LogP contribution in [0.5, 0.6) is 0 Å². The molecule has 0 unspecified atom stereocenters. The molecule has 1 aromatic carbocycles. The zero-order valence-corrected chi connectivity index (χ0v) is 8.85. The van der Waals surface area contributed by atoms with Gasteiger partial charge in [0.2, 0.25) is 5.82 Å². The molecule has 2 aromatic rings. The van der Waals surface area contributed by atoms with Gasteiger partial charge in [-0.05, 0) is 24.1 Å². The number of aromatic carboxylic acids is 1. The van der Waals surface area contributed by atoms with Gasteiger partial charge in [-0.1, -0.05) is 6.07 Å². The monoisotopic (exact) mass is 232 g/mol. The zero-order chi connectivity index (χ0) is 12.0. The molecule has 2 heterocycles. The van der Waals surface area contributed by atoms with Crippen LogP contribution < -0.4 is 0 Å². The molecule has 0 spiro atoms. The van der Waals surface area contributed by atoms with Crippen LogP contribution in [0.25, 0.3) is 11.3 Å². The largest absolute Gasteiger partial charge is 0.475 e. The summed E-state index contributed by atoms with van der Waals surface area (Å²) in [6, 6.07) is 4.58. The second-order valence-electron chi connectivity index (χ2n) is 3.98. The molecule has 0 saturated heterocycles. The molecule has 0 fully saturated rings. The van der Waals surface area contributed by atoms with Gasteiger partial charge < -0.3 is 9.67 Å². The molecule has 5 heteroatoms. The van der Waals surface area contributed by atoms with Crippen LogP contribution in [0.15, 0.2) is 24.4 Å². The number of imidazole rings is 1. The van der Waals surface area contributed by atoms with Crippen molar-refractivity contribution >= 4 is 5.97 Å². The third kappa shape index (κ3) is 1.43. The van der Waals surface area contributed by atoms with E-state index in [9.17, 15) is 9.18 Å². The van der Waals surface area contributed by atoms with Gasteiger partial charge in [-0.2, -0.15) is 0 Å². The van der Waals surface area contributed by atoms with Crippen molar-refractivity contribution in [1.82, 2.24) is 9.55 Å². The summed E-state index contributed by atoms with van der Waals surface area (Å²) in [5.41, 5.74) is 2.43. The lowest BCUT2D eigenvalue weighted by atomic mass is 9.99. The summed E-state index contributed by atoms with van der Waals surface area (Å²) in [5, 5.41) is 8.97. The molecule has 0 atom stereocenters. The first kappa shape index (κ1) is 10.0. The first-order chi connectivity index (χ1) is 8.16. The van der Waals surface area contributed by atoms with E-state index in [1.807, 2.05) is 0 Å². The number of aryl methyl sites for hydroxylation is 1. The third-order valence-corrected chi connectivity index (χ3v) is 3.00. The fraction of sp³-hybridized carbons (Fsp3) is 0.167. The summed E-state index contributed by atoms with van der Waals surface area (Å²) in [7, 11) is 0. The van der Waals surface area contributed by atoms with E-state index in [0.717, 1.165) is 11.1 Å². The van der Waals surface area contributed by atoms with E-state index in [1.54, 1.807) is 10.6 Å². The minimum atomic E-state index is -1.06. The summed E-state index contributed by atoms with van der Waals surface area (Å²) in [6.07, 6.45) is 2.18. The minimum absolute atomic E-state index is 0.00918. The maximum absolute atomic E-state index is 13.2. The molecule has 0 radical (unpaired) electrons. The lowest BCUT2D eigenvalue weighted by Crippen LogP contribution is -2.16. The van der Waals surface area contributed by atoms with Gasteiger partial charge in [-0.3, -0.25) is 0 Å². The van der Waals surface area contributed by atoms with E-state index in [4.69, 9.17) is 5.11 Å². The molecule has 86 valence electrons. The molecule has 0 bridgehead atoms. The average molecular weight is 232 g/mol. The van der Waals surface area contributed by atoms with E-state index in [0.29, 0.717) is 18.7 Å². The predicted molar refractivity (Wildman–Crippen MR) is 58.3 cm³/mol. The van der Waals surface area contributed by atoms with Crippen molar-refractivity contribution < 1.29 is 14.3 Å². The normalized spacial score (nSPS) is 13.0. The molecule has 4 nitrogen and oxygen atoms in total. The van der Waals surface area contributed by atoms with Crippen LogP contribution >= 0.6 is 0 Å². The van der Waals surface area contributed by atoms with Crippen molar-refractivity contribution in [2.75, 3.05) is 0 Å². The number of carboxylic acids is 1. The number of carboxylic acid groups (broad SMARTS) is 1. The van der Waals surface area contributed by atoms with Crippen LogP contribution in [0.3, 0.4) is 0 Å². The number of hydrogen-bond acceptors (Lipinski definition) is 2. The Balaban J connectivity index is 2.23.